The van der Waals surface area contributed by atoms with E-state index in [-0.39, 0.29) is 17.3 Å². The third-order valence-corrected chi connectivity index (χ3v) is 6.65. The van der Waals surface area contributed by atoms with Crippen molar-refractivity contribution in [2.24, 2.45) is 4.99 Å². The maximum atomic E-state index is 11.4. The largest absolute Gasteiger partial charge is 0.359 e. The molecule has 2 saturated heterocycles. The Balaban J connectivity index is 2.01. The Morgan fingerprint density at radius 2 is 2.18 bits per heavy atom. The fourth-order valence-corrected chi connectivity index (χ4v) is 5.28. The Morgan fingerprint density at radius 3 is 2.65 bits per heavy atom. The molecule has 6 heteroatoms. The number of sulfone groups is 1. The van der Waals surface area contributed by atoms with Crippen molar-refractivity contribution in [3.8, 4) is 0 Å². The second-order valence-corrected chi connectivity index (χ2v) is 8.08. The molecule has 0 saturated carbocycles. The molecule has 4 nitrogen and oxygen atoms in total. The smallest absolute Gasteiger partial charge is 0.157 e. The molecule has 2 heterocycles. The summed E-state index contributed by atoms with van der Waals surface area (Å²) in [5, 5.41) is 4.42. The summed E-state index contributed by atoms with van der Waals surface area (Å²) in [5.74, 6) is 1.56. The highest BCUT2D eigenvalue weighted by Crippen LogP contribution is 2.29. The van der Waals surface area contributed by atoms with Crippen LogP contribution >= 0.6 is 11.8 Å². The molecule has 0 aromatic rings. The molecule has 0 amide bonds. The first-order chi connectivity index (χ1) is 7.99. The van der Waals surface area contributed by atoms with Crippen molar-refractivity contribution >= 4 is 26.8 Å². The quantitative estimate of drug-likeness (QED) is 0.847. The molecule has 0 aliphatic carbocycles. The van der Waals surface area contributed by atoms with Crippen molar-refractivity contribution < 1.29 is 8.42 Å². The van der Waals surface area contributed by atoms with Gasteiger partial charge in [0, 0.05) is 11.3 Å². The summed E-state index contributed by atoms with van der Waals surface area (Å²) in [6.45, 7) is 4.36. The maximum Gasteiger partial charge on any atom is 0.157 e. The van der Waals surface area contributed by atoms with Gasteiger partial charge >= 0.3 is 0 Å². The molecule has 2 fully saturated rings. The Bertz CT molecular complexity index is 413. The molecule has 2 aliphatic rings. The van der Waals surface area contributed by atoms with Crippen LogP contribution in [0.15, 0.2) is 4.99 Å². The monoisotopic (exact) mass is 276 g/mol. The first-order valence-electron chi connectivity index (χ1n) is 6.18. The van der Waals surface area contributed by atoms with E-state index in [1.807, 2.05) is 0 Å². The van der Waals surface area contributed by atoms with Gasteiger partial charge in [0.25, 0.3) is 0 Å². The minimum Gasteiger partial charge on any atom is -0.359 e. The number of nitrogens with zero attached hydrogens (tertiary/aromatic N) is 1. The minimum absolute atomic E-state index is 0.0282. The van der Waals surface area contributed by atoms with Crippen LogP contribution in [0.3, 0.4) is 0 Å². The van der Waals surface area contributed by atoms with E-state index in [4.69, 9.17) is 0 Å². The van der Waals surface area contributed by atoms with Gasteiger partial charge in [-0.1, -0.05) is 25.6 Å². The standard InChI is InChI=1S/C11H20N2O2S2/c1-3-11(4-2)8-16-10(13-11)12-9-5-6-17(14,15)7-9/h9H,3-8H2,1-2H3,(H,12,13). The van der Waals surface area contributed by atoms with Gasteiger partial charge in [-0.3, -0.25) is 4.99 Å². The van der Waals surface area contributed by atoms with Crippen LogP contribution in [-0.4, -0.2) is 42.4 Å². The van der Waals surface area contributed by atoms with Crippen LogP contribution < -0.4 is 5.32 Å². The summed E-state index contributed by atoms with van der Waals surface area (Å²) in [4.78, 5) is 4.55. The van der Waals surface area contributed by atoms with E-state index in [0.29, 0.717) is 12.2 Å². The minimum atomic E-state index is -2.82. The molecular formula is C11H20N2O2S2. The first-order valence-corrected chi connectivity index (χ1v) is 8.98. The van der Waals surface area contributed by atoms with Crippen LogP contribution in [0.25, 0.3) is 0 Å². The molecule has 0 radical (unpaired) electrons. The third kappa shape index (κ3) is 2.96. The Labute approximate surface area is 108 Å². The fraction of sp³-hybridized carbons (Fsp3) is 0.909. The molecule has 1 unspecified atom stereocenters. The average Bonchev–Trinajstić information content (AvgIpc) is 2.84. The fourth-order valence-electron chi connectivity index (χ4n) is 2.25. The van der Waals surface area contributed by atoms with Gasteiger partial charge in [0.1, 0.15) is 0 Å². The van der Waals surface area contributed by atoms with Gasteiger partial charge in [0.15, 0.2) is 15.0 Å². The molecule has 1 N–H and O–H groups in total. The Hall–Kier alpha value is -0.230. The Kier molecular flexibility index (Phi) is 3.73. The number of hydrogen-bond acceptors (Lipinski definition) is 4. The maximum absolute atomic E-state index is 11.4. The van der Waals surface area contributed by atoms with Crippen molar-refractivity contribution in [3.63, 3.8) is 0 Å². The highest BCUT2D eigenvalue weighted by atomic mass is 32.2. The number of aliphatic imine (C=N–C) groups is 1. The molecule has 17 heavy (non-hydrogen) atoms. The summed E-state index contributed by atoms with van der Waals surface area (Å²) in [5.41, 5.74) is 0.168. The summed E-state index contributed by atoms with van der Waals surface area (Å²) < 4.78 is 22.7. The van der Waals surface area contributed by atoms with Crippen LogP contribution in [0.1, 0.15) is 33.1 Å². The molecule has 98 valence electrons. The van der Waals surface area contributed by atoms with Crippen molar-refractivity contribution in [3.05, 3.63) is 0 Å². The first kappa shape index (κ1) is 13.2. The van der Waals surface area contributed by atoms with Crippen molar-refractivity contribution in [1.82, 2.24) is 5.32 Å². The summed E-state index contributed by atoms with van der Waals surface area (Å²) in [6.07, 6.45) is 2.84. The summed E-state index contributed by atoms with van der Waals surface area (Å²) in [7, 11) is -2.82. The van der Waals surface area contributed by atoms with Crippen molar-refractivity contribution in [1.29, 1.82) is 0 Å². The highest BCUT2D eigenvalue weighted by molar-refractivity contribution is 8.14. The van der Waals surface area contributed by atoms with E-state index in [0.717, 1.165) is 23.8 Å². The van der Waals surface area contributed by atoms with Gasteiger partial charge in [-0.15, -0.1) is 0 Å². The van der Waals surface area contributed by atoms with E-state index < -0.39 is 9.84 Å². The van der Waals surface area contributed by atoms with Crippen LogP contribution in [-0.2, 0) is 9.84 Å². The van der Waals surface area contributed by atoms with Gasteiger partial charge < -0.3 is 5.32 Å². The molecule has 2 aliphatic heterocycles. The molecule has 2 rings (SSSR count). The van der Waals surface area contributed by atoms with Crippen molar-refractivity contribution in [2.45, 2.75) is 44.7 Å². The molecule has 0 aromatic heterocycles. The lowest BCUT2D eigenvalue weighted by molar-refractivity contribution is 0.407. The SMILES string of the molecule is CCC1(CC)CSC(=NC2CCS(=O)(=O)C2)N1. The number of thioether (sulfide) groups is 1. The van der Waals surface area contributed by atoms with E-state index in [9.17, 15) is 8.42 Å². The Morgan fingerprint density at radius 1 is 1.47 bits per heavy atom. The van der Waals surface area contributed by atoms with Crippen LogP contribution in [0.4, 0.5) is 0 Å². The lowest BCUT2D eigenvalue weighted by Crippen LogP contribution is -2.42. The average molecular weight is 276 g/mol. The molecule has 0 spiro atoms. The summed E-state index contributed by atoms with van der Waals surface area (Å²) in [6, 6.07) is -0.0282. The van der Waals surface area contributed by atoms with Crippen LogP contribution in [0.5, 0.6) is 0 Å². The normalized spacial score (nSPS) is 32.8. The van der Waals surface area contributed by atoms with Crippen LogP contribution in [0.2, 0.25) is 0 Å². The second-order valence-electron chi connectivity index (χ2n) is 4.89. The van der Waals surface area contributed by atoms with Gasteiger partial charge in [0.2, 0.25) is 0 Å². The lowest BCUT2D eigenvalue weighted by atomic mass is 9.96. The van der Waals surface area contributed by atoms with Gasteiger partial charge in [-0.2, -0.15) is 0 Å². The predicted octanol–water partition coefficient (Wildman–Crippen LogP) is 1.42. The van der Waals surface area contributed by atoms with E-state index >= 15 is 0 Å². The zero-order valence-electron chi connectivity index (χ0n) is 10.4. The van der Waals surface area contributed by atoms with Gasteiger partial charge in [-0.25, -0.2) is 8.42 Å². The van der Waals surface area contributed by atoms with E-state index in [2.05, 4.69) is 24.2 Å². The van der Waals surface area contributed by atoms with Gasteiger partial charge in [0.05, 0.1) is 17.5 Å². The zero-order chi connectivity index (χ0) is 12.5. The van der Waals surface area contributed by atoms with E-state index in [1.165, 1.54) is 0 Å². The molecule has 0 aromatic carbocycles. The number of rotatable bonds is 3. The lowest BCUT2D eigenvalue weighted by Gasteiger charge is -2.25. The highest BCUT2D eigenvalue weighted by Gasteiger charge is 2.35. The molecule has 1 atom stereocenters. The number of hydrogen-bond donors (Lipinski definition) is 1. The zero-order valence-corrected chi connectivity index (χ0v) is 12.0. The van der Waals surface area contributed by atoms with E-state index in [1.54, 1.807) is 11.8 Å². The summed E-state index contributed by atoms with van der Waals surface area (Å²) >= 11 is 1.73. The van der Waals surface area contributed by atoms with Crippen LogP contribution in [0, 0.1) is 0 Å². The number of amidine groups is 1. The number of nitrogens with one attached hydrogen (secondary N) is 1. The second kappa shape index (κ2) is 4.80. The predicted molar refractivity (Wildman–Crippen MR) is 73.4 cm³/mol. The topological polar surface area (TPSA) is 58.5 Å². The van der Waals surface area contributed by atoms with Crippen molar-refractivity contribution in [2.75, 3.05) is 17.3 Å². The third-order valence-electron chi connectivity index (χ3n) is 3.72. The molecule has 0 bridgehead atoms. The van der Waals surface area contributed by atoms with Gasteiger partial charge in [-0.05, 0) is 19.3 Å². The molecular weight excluding hydrogens is 256 g/mol.